The van der Waals surface area contributed by atoms with Gasteiger partial charge < -0.3 is 58.8 Å². The van der Waals surface area contributed by atoms with Gasteiger partial charge in [-0.3, -0.25) is 0 Å². The molecule has 5 nitrogen and oxygen atoms in total. The quantitative estimate of drug-likeness (QED) is 0.387. The van der Waals surface area contributed by atoms with E-state index in [4.69, 9.17) is 46.7 Å². The fraction of sp³-hybridized carbons (Fsp3) is 0.900. The van der Waals surface area contributed by atoms with Crippen LogP contribution < -0.4 is 0 Å². The second-order valence-electron chi connectivity index (χ2n) is 8.80. The van der Waals surface area contributed by atoms with E-state index < -0.39 is 0 Å². The van der Waals surface area contributed by atoms with Crippen LogP contribution in [0.2, 0.25) is 0 Å². The molecule has 6 atom stereocenters. The third kappa shape index (κ3) is 8.43. The van der Waals surface area contributed by atoms with E-state index in [1.807, 2.05) is 6.92 Å². The Labute approximate surface area is 205 Å². The summed E-state index contributed by atoms with van der Waals surface area (Å²) >= 11 is 16.7. The number of rotatable bonds is 3. The number of hydrogen-bond donors (Lipinski definition) is 0. The van der Waals surface area contributed by atoms with Gasteiger partial charge in [0, 0.05) is 12.2 Å². The molecule has 6 unspecified atom stereocenters. The fourth-order valence-electron chi connectivity index (χ4n) is 4.12. The molecule has 3 aliphatic rings. The van der Waals surface area contributed by atoms with Crippen LogP contribution in [0.15, 0.2) is 11.8 Å². The number of nitrogens with zero attached hydrogens (tertiary/aromatic N) is 4. The van der Waals surface area contributed by atoms with Gasteiger partial charge in [-0.25, -0.2) is 0 Å². The summed E-state index contributed by atoms with van der Waals surface area (Å²) in [5.41, 5.74) is 10.5. The number of allylic oxidation sites excluding steroid dienone is 1. The van der Waals surface area contributed by atoms with Gasteiger partial charge in [-0.2, -0.15) is 16.2 Å². The Balaban J connectivity index is 0.000000351. The van der Waals surface area contributed by atoms with Crippen molar-refractivity contribution in [2.75, 3.05) is 0 Å². The molecule has 3 rings (SSSR count). The molecular formula is C20H35MoN4OS3-5. The predicted molar refractivity (Wildman–Crippen MR) is 124 cm³/mol. The largest absolute Gasteiger partial charge is 0.791 e. The number of hydrogen-bond acceptors (Lipinski definition) is 6. The summed E-state index contributed by atoms with van der Waals surface area (Å²) in [6.45, 7) is 12.8. The molecule has 1 saturated heterocycles. The van der Waals surface area contributed by atoms with Gasteiger partial charge in [0.15, 0.2) is 0 Å². The van der Waals surface area contributed by atoms with Crippen LogP contribution in [0, 0.1) is 0 Å². The summed E-state index contributed by atoms with van der Waals surface area (Å²) in [7, 11) is 0. The maximum absolute atomic E-state index is 8.26. The van der Waals surface area contributed by atoms with Gasteiger partial charge in [-0.05, 0) is 13.0 Å². The zero-order chi connectivity index (χ0) is 22.4. The van der Waals surface area contributed by atoms with Gasteiger partial charge in [0.25, 0.3) is 0 Å². The zero-order valence-corrected chi connectivity index (χ0v) is 22.9. The SMILES string of the molecule is CC1=CC(C)N(C(N2[N-]C(C)CC2C)C(C)(C)[S-])[N-]1.[O]=[Mo].[S-]C1CCCCC1[S-]. The molecule has 0 bridgehead atoms. The first-order valence-corrected chi connectivity index (χ1v) is 12.5. The van der Waals surface area contributed by atoms with Crippen molar-refractivity contribution < 1.29 is 23.2 Å². The first-order valence-electron chi connectivity index (χ1n) is 10.4. The van der Waals surface area contributed by atoms with Crippen LogP contribution in [-0.4, -0.2) is 49.6 Å². The van der Waals surface area contributed by atoms with E-state index in [2.05, 4.69) is 56.1 Å². The maximum Gasteiger partial charge on any atom is -0.0550 e. The normalized spacial score (nSPS) is 34.2. The average Bonchev–Trinajstić information content (AvgIpc) is 3.13. The third-order valence-corrected chi connectivity index (χ3v) is 6.91. The monoisotopic (exact) mass is 541 g/mol. The Morgan fingerprint density at radius 2 is 1.62 bits per heavy atom. The standard InChI is InChI=1S/C14H26N4S.C6H12S2.Mo.O/c1-9-7-11(3)17(15-9)13(14(5,6)19)18-12(4)8-10(2)16-18;7-5-3-1-2-4-6(5)8;;/h7,10-13,19H,8H2,1-6H3;5-8H,1-4H2;;/q-2;;;/p-3. The van der Waals surface area contributed by atoms with Crippen molar-refractivity contribution in [3.63, 3.8) is 0 Å². The Morgan fingerprint density at radius 1 is 1.10 bits per heavy atom. The van der Waals surface area contributed by atoms with Crippen LogP contribution in [0.25, 0.3) is 10.9 Å². The van der Waals surface area contributed by atoms with Crippen molar-refractivity contribution in [1.82, 2.24) is 10.0 Å². The molecule has 1 saturated carbocycles. The molecule has 0 aromatic rings. The summed E-state index contributed by atoms with van der Waals surface area (Å²) in [5.74, 6) is 0. The van der Waals surface area contributed by atoms with E-state index in [9.17, 15) is 0 Å². The van der Waals surface area contributed by atoms with Gasteiger partial charge in [-0.15, -0.1) is 10.8 Å². The van der Waals surface area contributed by atoms with Crippen molar-refractivity contribution in [3.8, 4) is 0 Å². The molecule has 2 heterocycles. The van der Waals surface area contributed by atoms with Gasteiger partial charge in [0.1, 0.15) is 0 Å². The molecule has 1 aliphatic carbocycles. The molecule has 170 valence electrons. The first kappa shape index (κ1) is 28.0. The zero-order valence-electron chi connectivity index (χ0n) is 18.4. The van der Waals surface area contributed by atoms with Gasteiger partial charge in [-0.1, -0.05) is 72.8 Å². The summed E-state index contributed by atoms with van der Waals surface area (Å²) in [5, 5.41) is 5.11. The van der Waals surface area contributed by atoms with E-state index in [0.29, 0.717) is 42.4 Å². The second kappa shape index (κ2) is 12.9. The minimum atomic E-state index is -0.307. The van der Waals surface area contributed by atoms with Crippen molar-refractivity contribution in [2.24, 2.45) is 0 Å². The van der Waals surface area contributed by atoms with Crippen molar-refractivity contribution in [3.05, 3.63) is 22.6 Å². The molecule has 0 radical (unpaired) electrons. The van der Waals surface area contributed by atoms with Crippen LogP contribution in [0.3, 0.4) is 0 Å². The van der Waals surface area contributed by atoms with E-state index >= 15 is 0 Å². The smallest absolute Gasteiger partial charge is 0.0550 e. The van der Waals surface area contributed by atoms with Crippen LogP contribution in [0.4, 0.5) is 0 Å². The minimum absolute atomic E-state index is 0.0335. The van der Waals surface area contributed by atoms with Crippen LogP contribution in [0.5, 0.6) is 0 Å². The van der Waals surface area contributed by atoms with E-state index in [1.54, 1.807) is 0 Å². The summed E-state index contributed by atoms with van der Waals surface area (Å²) < 4.78 is 7.95. The maximum atomic E-state index is 8.26. The summed E-state index contributed by atoms with van der Waals surface area (Å²) in [6, 6.07) is 1.08. The molecule has 0 amide bonds. The van der Waals surface area contributed by atoms with Gasteiger partial charge in [0.2, 0.25) is 0 Å². The topological polar surface area (TPSA) is 51.8 Å². The molecule has 9 heteroatoms. The van der Waals surface area contributed by atoms with Crippen molar-refractivity contribution in [1.29, 1.82) is 0 Å². The molecule has 0 aromatic carbocycles. The van der Waals surface area contributed by atoms with Crippen molar-refractivity contribution in [2.45, 2.75) is 113 Å². The summed E-state index contributed by atoms with van der Waals surface area (Å²) in [4.78, 5) is 0. The fourth-order valence-corrected chi connectivity index (χ4v) is 4.95. The van der Waals surface area contributed by atoms with Crippen LogP contribution >= 0.6 is 0 Å². The predicted octanol–water partition coefficient (Wildman–Crippen LogP) is 4.58. The molecular weight excluding hydrogens is 504 g/mol. The Morgan fingerprint density at radius 3 is 1.93 bits per heavy atom. The molecule has 0 N–H and O–H groups in total. The van der Waals surface area contributed by atoms with E-state index in [1.165, 1.54) is 25.7 Å². The third-order valence-electron chi connectivity index (χ3n) is 5.40. The molecule has 2 fully saturated rings. The van der Waals surface area contributed by atoms with Crippen LogP contribution in [0.1, 0.15) is 73.6 Å². The Bertz CT molecular complexity index is 522. The second-order valence-corrected chi connectivity index (χ2v) is 11.1. The van der Waals surface area contributed by atoms with Gasteiger partial charge in [0.05, 0.1) is 0 Å². The Kier molecular flexibility index (Phi) is 12.4. The summed E-state index contributed by atoms with van der Waals surface area (Å²) in [6.07, 6.45) is 8.29. The Hall–Kier alpha value is 0.958. The molecule has 0 spiro atoms. The average molecular weight is 540 g/mol. The van der Waals surface area contributed by atoms with Crippen molar-refractivity contribution >= 4 is 37.9 Å². The minimum Gasteiger partial charge on any atom is -0.791 e. The molecule has 0 aromatic heterocycles. The van der Waals surface area contributed by atoms with E-state index in [0.717, 1.165) is 12.1 Å². The van der Waals surface area contributed by atoms with Crippen LogP contribution in [-0.2, 0) is 61.1 Å². The molecule has 2 aliphatic heterocycles. The van der Waals surface area contributed by atoms with E-state index in [-0.39, 0.29) is 17.0 Å². The van der Waals surface area contributed by atoms with Gasteiger partial charge >= 0.3 is 23.2 Å². The molecule has 29 heavy (non-hydrogen) atoms. The first-order chi connectivity index (χ1) is 13.5.